The van der Waals surface area contributed by atoms with Crippen molar-refractivity contribution in [1.29, 1.82) is 0 Å². The van der Waals surface area contributed by atoms with Gasteiger partial charge < -0.3 is 15.1 Å². The largest absolute Gasteiger partial charge is 0.463 e. The van der Waals surface area contributed by atoms with Crippen molar-refractivity contribution in [2.24, 2.45) is 5.73 Å². The molecule has 0 atom stereocenters. The minimum absolute atomic E-state index is 0.304. The van der Waals surface area contributed by atoms with Gasteiger partial charge in [-0.1, -0.05) is 48.5 Å². The Labute approximate surface area is 199 Å². The SMILES string of the molecule is NC(=O)c1nn(-c2ccccc2)c(-c2ccco2)c1CCN1CCN(Cc2ccccc2)CC1. The van der Waals surface area contributed by atoms with E-state index in [2.05, 4.69) is 45.2 Å². The molecule has 2 N–H and O–H groups in total. The van der Waals surface area contributed by atoms with Crippen LogP contribution in [0.2, 0.25) is 0 Å². The van der Waals surface area contributed by atoms with Gasteiger partial charge in [0.05, 0.1) is 12.0 Å². The third kappa shape index (κ3) is 4.81. The van der Waals surface area contributed by atoms with Crippen LogP contribution in [0.25, 0.3) is 17.1 Å². The third-order valence-electron chi connectivity index (χ3n) is 6.36. The highest BCUT2D eigenvalue weighted by Crippen LogP contribution is 2.30. The fourth-order valence-electron chi connectivity index (χ4n) is 4.59. The molecule has 3 heterocycles. The molecule has 2 aromatic carbocycles. The summed E-state index contributed by atoms with van der Waals surface area (Å²) in [7, 11) is 0. The molecule has 1 saturated heterocycles. The topological polar surface area (TPSA) is 80.5 Å². The number of aromatic nitrogens is 2. The van der Waals surface area contributed by atoms with Gasteiger partial charge in [0, 0.05) is 44.8 Å². The highest BCUT2D eigenvalue weighted by molar-refractivity contribution is 5.94. The summed E-state index contributed by atoms with van der Waals surface area (Å²) in [4.78, 5) is 17.3. The average Bonchev–Trinajstić information content (AvgIpc) is 3.53. The first-order chi connectivity index (χ1) is 16.7. The number of furan rings is 1. The number of amides is 1. The van der Waals surface area contributed by atoms with Crippen LogP contribution < -0.4 is 5.73 Å². The minimum atomic E-state index is -0.523. The fourth-order valence-corrected chi connectivity index (χ4v) is 4.59. The van der Waals surface area contributed by atoms with E-state index in [1.807, 2.05) is 42.5 Å². The maximum atomic E-state index is 12.4. The van der Waals surface area contributed by atoms with Gasteiger partial charge in [0.25, 0.3) is 5.91 Å². The van der Waals surface area contributed by atoms with E-state index in [9.17, 15) is 4.79 Å². The number of hydrogen-bond acceptors (Lipinski definition) is 5. The number of primary amides is 1. The molecule has 1 aliphatic heterocycles. The molecule has 174 valence electrons. The Morgan fingerprint density at radius 3 is 2.21 bits per heavy atom. The van der Waals surface area contributed by atoms with Crippen molar-refractivity contribution in [2.45, 2.75) is 13.0 Å². The van der Waals surface area contributed by atoms with Crippen molar-refractivity contribution in [2.75, 3.05) is 32.7 Å². The second-order valence-electron chi connectivity index (χ2n) is 8.62. The molecule has 1 fully saturated rings. The summed E-state index contributed by atoms with van der Waals surface area (Å²) in [6.45, 7) is 5.82. The first-order valence-electron chi connectivity index (χ1n) is 11.7. The Morgan fingerprint density at radius 1 is 0.882 bits per heavy atom. The van der Waals surface area contributed by atoms with E-state index in [1.54, 1.807) is 10.9 Å². The fraction of sp³-hybridized carbons (Fsp3) is 0.259. The second-order valence-corrected chi connectivity index (χ2v) is 8.62. The molecule has 34 heavy (non-hydrogen) atoms. The zero-order chi connectivity index (χ0) is 23.3. The number of nitrogens with two attached hydrogens (primary N) is 1. The van der Waals surface area contributed by atoms with Crippen molar-refractivity contribution in [3.05, 3.63) is 95.9 Å². The van der Waals surface area contributed by atoms with Crippen LogP contribution in [-0.4, -0.2) is 58.2 Å². The molecule has 0 aliphatic carbocycles. The quantitative estimate of drug-likeness (QED) is 0.439. The summed E-state index contributed by atoms with van der Waals surface area (Å²) in [6.07, 6.45) is 2.30. The Morgan fingerprint density at radius 2 is 1.56 bits per heavy atom. The highest BCUT2D eigenvalue weighted by atomic mass is 16.3. The first kappa shape index (κ1) is 22.1. The van der Waals surface area contributed by atoms with Gasteiger partial charge >= 0.3 is 0 Å². The van der Waals surface area contributed by atoms with Crippen molar-refractivity contribution >= 4 is 5.91 Å². The van der Waals surface area contributed by atoms with Gasteiger partial charge in [-0.15, -0.1) is 0 Å². The van der Waals surface area contributed by atoms with Crippen molar-refractivity contribution in [1.82, 2.24) is 19.6 Å². The van der Waals surface area contributed by atoms with Gasteiger partial charge in [0.2, 0.25) is 0 Å². The lowest BCUT2D eigenvalue weighted by molar-refractivity contribution is 0.0993. The van der Waals surface area contributed by atoms with Crippen molar-refractivity contribution in [3.8, 4) is 17.1 Å². The molecule has 0 spiro atoms. The lowest BCUT2D eigenvalue weighted by Gasteiger charge is -2.34. The Bertz CT molecular complexity index is 1210. The molecule has 0 radical (unpaired) electrons. The summed E-state index contributed by atoms with van der Waals surface area (Å²) >= 11 is 0. The number of hydrogen-bond donors (Lipinski definition) is 1. The summed E-state index contributed by atoms with van der Waals surface area (Å²) in [5, 5.41) is 4.61. The van der Waals surface area contributed by atoms with Crippen LogP contribution in [0.1, 0.15) is 21.6 Å². The Balaban J connectivity index is 1.34. The summed E-state index contributed by atoms with van der Waals surface area (Å²) in [5.74, 6) is 0.150. The molecule has 7 nitrogen and oxygen atoms in total. The van der Waals surface area contributed by atoms with E-state index >= 15 is 0 Å². The average molecular weight is 456 g/mol. The highest BCUT2D eigenvalue weighted by Gasteiger charge is 2.26. The van der Waals surface area contributed by atoms with Gasteiger partial charge in [0.15, 0.2) is 11.5 Å². The molecular weight excluding hydrogens is 426 g/mol. The summed E-state index contributed by atoms with van der Waals surface area (Å²) < 4.78 is 7.51. The number of benzene rings is 2. The number of rotatable bonds is 8. The van der Waals surface area contributed by atoms with Gasteiger partial charge in [-0.3, -0.25) is 9.69 Å². The maximum absolute atomic E-state index is 12.4. The Kier molecular flexibility index (Phi) is 6.56. The number of nitrogens with zero attached hydrogens (tertiary/aromatic N) is 4. The molecule has 0 saturated carbocycles. The lowest BCUT2D eigenvalue weighted by Crippen LogP contribution is -2.46. The molecule has 0 bridgehead atoms. The maximum Gasteiger partial charge on any atom is 0.269 e. The van der Waals surface area contributed by atoms with Crippen LogP contribution >= 0.6 is 0 Å². The van der Waals surface area contributed by atoms with Crippen LogP contribution in [0.4, 0.5) is 0 Å². The van der Waals surface area contributed by atoms with E-state index in [4.69, 9.17) is 10.2 Å². The van der Waals surface area contributed by atoms with E-state index in [-0.39, 0.29) is 0 Å². The normalized spacial score (nSPS) is 14.9. The lowest BCUT2D eigenvalue weighted by atomic mass is 10.1. The standard InChI is InChI=1S/C27H29N5O2/c28-27(33)25-23(13-14-30-15-17-31(18-16-30)20-21-8-3-1-4-9-21)26(24-12-7-19-34-24)32(29-25)22-10-5-2-6-11-22/h1-12,19H,13-18,20H2,(H2,28,33). The zero-order valence-corrected chi connectivity index (χ0v) is 19.1. The number of carbonyl (C=O) groups is 1. The summed E-state index contributed by atoms with van der Waals surface area (Å²) in [5.41, 5.74) is 9.89. The first-order valence-corrected chi connectivity index (χ1v) is 11.7. The van der Waals surface area contributed by atoms with E-state index in [0.29, 0.717) is 17.9 Å². The number of piperazine rings is 1. The van der Waals surface area contributed by atoms with Gasteiger partial charge in [0.1, 0.15) is 5.69 Å². The van der Waals surface area contributed by atoms with E-state index in [1.165, 1.54) is 5.56 Å². The van der Waals surface area contributed by atoms with Crippen LogP contribution in [0.3, 0.4) is 0 Å². The number of para-hydroxylation sites is 1. The number of carbonyl (C=O) groups excluding carboxylic acids is 1. The molecular formula is C27H29N5O2. The van der Waals surface area contributed by atoms with Crippen LogP contribution in [-0.2, 0) is 13.0 Å². The van der Waals surface area contributed by atoms with Gasteiger partial charge in [-0.05, 0) is 36.2 Å². The molecule has 0 unspecified atom stereocenters. The van der Waals surface area contributed by atoms with Gasteiger partial charge in [-0.2, -0.15) is 5.10 Å². The molecule has 7 heteroatoms. The van der Waals surface area contributed by atoms with Gasteiger partial charge in [-0.25, -0.2) is 4.68 Å². The molecule has 2 aromatic heterocycles. The van der Waals surface area contributed by atoms with E-state index in [0.717, 1.165) is 56.2 Å². The molecule has 5 rings (SSSR count). The molecule has 4 aromatic rings. The second kappa shape index (κ2) is 10.1. The molecule has 1 aliphatic rings. The monoisotopic (exact) mass is 455 g/mol. The third-order valence-corrected chi connectivity index (χ3v) is 6.36. The minimum Gasteiger partial charge on any atom is -0.463 e. The smallest absolute Gasteiger partial charge is 0.269 e. The summed E-state index contributed by atoms with van der Waals surface area (Å²) in [6, 6.07) is 24.1. The van der Waals surface area contributed by atoms with E-state index < -0.39 is 5.91 Å². The zero-order valence-electron chi connectivity index (χ0n) is 19.1. The Hall–Kier alpha value is -3.68. The van der Waals surface area contributed by atoms with Crippen molar-refractivity contribution < 1.29 is 9.21 Å². The predicted molar refractivity (Wildman–Crippen MR) is 132 cm³/mol. The van der Waals surface area contributed by atoms with Crippen LogP contribution in [0.15, 0.2) is 83.5 Å². The van der Waals surface area contributed by atoms with Crippen molar-refractivity contribution in [3.63, 3.8) is 0 Å². The van der Waals surface area contributed by atoms with Crippen LogP contribution in [0.5, 0.6) is 0 Å². The van der Waals surface area contributed by atoms with Crippen LogP contribution in [0, 0.1) is 0 Å². The predicted octanol–water partition coefficient (Wildman–Crippen LogP) is 3.59. The molecule has 1 amide bonds.